The molecule has 0 radical (unpaired) electrons. The van der Waals surface area contributed by atoms with E-state index >= 15 is 0 Å². The van der Waals surface area contributed by atoms with Crippen LogP contribution in [0, 0.1) is 0 Å². The quantitative estimate of drug-likeness (QED) is 0.0541. The summed E-state index contributed by atoms with van der Waals surface area (Å²) in [7, 11) is -5.26. The van der Waals surface area contributed by atoms with E-state index in [1.807, 2.05) is 60.7 Å². The highest BCUT2D eigenvalue weighted by Gasteiger charge is 2.21. The Bertz CT molecular complexity index is 1820. The molecule has 0 saturated heterocycles. The zero-order valence-electron chi connectivity index (χ0n) is 29.6. The number of para-hydroxylation sites is 2. The van der Waals surface area contributed by atoms with E-state index in [0.717, 1.165) is 61.2 Å². The highest BCUT2D eigenvalue weighted by Crippen LogP contribution is 2.31. The van der Waals surface area contributed by atoms with Gasteiger partial charge in [0.1, 0.15) is 0 Å². The number of nitrogens with one attached hydrogen (secondary N) is 2. The summed E-state index contributed by atoms with van der Waals surface area (Å²) in [6.07, 6.45) is 4.66. The molecule has 290 valence electrons. The van der Waals surface area contributed by atoms with Crippen LogP contribution in [0.1, 0.15) is 51.4 Å². The Labute approximate surface area is 325 Å². The minimum atomic E-state index is -4.43. The van der Waals surface area contributed by atoms with E-state index in [1.54, 1.807) is 67.4 Å². The standard InChI is InChI=1S/C38H44N2O10S4/c41-37(39-53(43,44)49-35-25-13-11-23-33(35)31-19-7-5-8-20-31)47-27-15-1-3-17-29-51-52-30-18-4-2-16-28-48-38(42)40-54(45,46)50-36-26-14-12-24-34(36)32-21-9-6-10-22-32/h5-14,19-26H,1-4,15-18,27-30H2,(H,39,41)(H,40,42). The normalized spacial score (nSPS) is 11.3. The third kappa shape index (κ3) is 15.9. The number of amides is 2. The number of carbonyl (C=O) groups is 2. The molecule has 16 heteroatoms. The second kappa shape index (κ2) is 22.7. The van der Waals surface area contributed by atoms with Gasteiger partial charge in [0.25, 0.3) is 0 Å². The van der Waals surface area contributed by atoms with Crippen molar-refractivity contribution in [1.82, 2.24) is 9.44 Å². The number of unbranched alkanes of at least 4 members (excludes halogenated alkanes) is 6. The molecule has 4 aromatic carbocycles. The molecule has 54 heavy (non-hydrogen) atoms. The van der Waals surface area contributed by atoms with E-state index in [1.165, 1.54) is 12.1 Å². The SMILES string of the molecule is O=C(NS(=O)(=O)Oc1ccccc1-c1ccccc1)OCCCCCCSSCCCCCCOC(=O)NS(=O)(=O)Oc1ccccc1-c1ccccc1. The van der Waals surface area contributed by atoms with Gasteiger partial charge in [-0.15, -0.1) is 0 Å². The first-order valence-electron chi connectivity index (χ1n) is 17.4. The first-order valence-corrected chi connectivity index (χ1v) is 22.7. The number of benzene rings is 4. The van der Waals surface area contributed by atoms with E-state index < -0.39 is 32.8 Å². The van der Waals surface area contributed by atoms with Crippen LogP contribution in [-0.4, -0.2) is 53.7 Å². The highest BCUT2D eigenvalue weighted by molar-refractivity contribution is 8.76. The van der Waals surface area contributed by atoms with Crippen LogP contribution < -0.4 is 17.8 Å². The lowest BCUT2D eigenvalue weighted by Crippen LogP contribution is -2.34. The van der Waals surface area contributed by atoms with Gasteiger partial charge in [0.2, 0.25) is 0 Å². The Kier molecular flexibility index (Phi) is 17.8. The van der Waals surface area contributed by atoms with Gasteiger partial charge in [-0.1, -0.05) is 144 Å². The van der Waals surface area contributed by atoms with Gasteiger partial charge in [-0.25, -0.2) is 9.59 Å². The van der Waals surface area contributed by atoms with E-state index in [-0.39, 0.29) is 24.7 Å². The number of hydrogen-bond acceptors (Lipinski definition) is 12. The van der Waals surface area contributed by atoms with Crippen molar-refractivity contribution < 1.29 is 44.3 Å². The third-order valence-electron chi connectivity index (χ3n) is 7.55. The third-order valence-corrected chi connectivity index (χ3v) is 11.8. The van der Waals surface area contributed by atoms with Crippen LogP contribution in [0.2, 0.25) is 0 Å². The molecule has 0 saturated carbocycles. The molecule has 0 spiro atoms. The molecule has 0 unspecified atom stereocenters. The molecule has 0 aliphatic rings. The van der Waals surface area contributed by atoms with Crippen molar-refractivity contribution in [2.75, 3.05) is 24.7 Å². The molecular weight excluding hydrogens is 773 g/mol. The Hall–Kier alpha value is -4.38. The van der Waals surface area contributed by atoms with Crippen LogP contribution >= 0.6 is 21.6 Å². The number of rotatable bonds is 23. The van der Waals surface area contributed by atoms with Gasteiger partial charge in [0.05, 0.1) is 13.2 Å². The summed E-state index contributed by atoms with van der Waals surface area (Å²) in [6.45, 7) is 0.189. The average Bonchev–Trinajstić information content (AvgIpc) is 3.15. The van der Waals surface area contributed by atoms with Crippen molar-refractivity contribution in [2.45, 2.75) is 51.4 Å². The van der Waals surface area contributed by atoms with Gasteiger partial charge >= 0.3 is 32.8 Å². The minimum absolute atomic E-state index is 0.0937. The number of hydrogen-bond donors (Lipinski definition) is 2. The largest absolute Gasteiger partial charge is 0.449 e. The molecular formula is C38H44N2O10S4. The second-order valence-electron chi connectivity index (χ2n) is 11.7. The number of carbonyl (C=O) groups excluding carboxylic acids is 2. The molecule has 4 aromatic rings. The Morgan fingerprint density at radius 2 is 0.815 bits per heavy atom. The van der Waals surface area contributed by atoms with Crippen molar-refractivity contribution in [3.8, 4) is 33.8 Å². The maximum Gasteiger partial charge on any atom is 0.423 e. The van der Waals surface area contributed by atoms with E-state index in [2.05, 4.69) is 0 Å². The summed E-state index contributed by atoms with van der Waals surface area (Å²) in [6, 6.07) is 31.6. The predicted molar refractivity (Wildman–Crippen MR) is 214 cm³/mol. The molecule has 0 atom stereocenters. The lowest BCUT2D eigenvalue weighted by Gasteiger charge is -2.12. The molecule has 0 heterocycles. The van der Waals surface area contributed by atoms with Gasteiger partial charge in [-0.3, -0.25) is 0 Å². The van der Waals surface area contributed by atoms with Gasteiger partial charge in [0, 0.05) is 22.6 Å². The molecule has 0 aliphatic heterocycles. The van der Waals surface area contributed by atoms with Crippen LogP contribution in [0.5, 0.6) is 11.5 Å². The average molecular weight is 817 g/mol. The van der Waals surface area contributed by atoms with Gasteiger partial charge in [-0.2, -0.15) is 26.3 Å². The first kappa shape index (κ1) is 42.4. The molecule has 0 fully saturated rings. The van der Waals surface area contributed by atoms with E-state index in [0.29, 0.717) is 24.0 Å². The lowest BCUT2D eigenvalue weighted by atomic mass is 10.1. The maximum atomic E-state index is 12.4. The van der Waals surface area contributed by atoms with Crippen molar-refractivity contribution in [2.24, 2.45) is 0 Å². The highest BCUT2D eigenvalue weighted by atomic mass is 33.1. The Morgan fingerprint density at radius 3 is 1.22 bits per heavy atom. The van der Waals surface area contributed by atoms with Crippen LogP contribution in [0.3, 0.4) is 0 Å². The molecule has 0 aromatic heterocycles. The van der Waals surface area contributed by atoms with Gasteiger partial charge < -0.3 is 17.8 Å². The fraction of sp³-hybridized carbons (Fsp3) is 0.316. The summed E-state index contributed by atoms with van der Waals surface area (Å²) in [4.78, 5) is 24.1. The van der Waals surface area contributed by atoms with Crippen LogP contribution in [0.25, 0.3) is 22.3 Å². The van der Waals surface area contributed by atoms with Crippen LogP contribution in [0.4, 0.5) is 9.59 Å². The van der Waals surface area contributed by atoms with Gasteiger partial charge in [-0.05, 0) is 48.9 Å². The monoisotopic (exact) mass is 816 g/mol. The van der Waals surface area contributed by atoms with Crippen molar-refractivity contribution in [3.63, 3.8) is 0 Å². The smallest absolute Gasteiger partial charge is 0.423 e. The summed E-state index contributed by atoms with van der Waals surface area (Å²) in [5.41, 5.74) is 2.69. The summed E-state index contributed by atoms with van der Waals surface area (Å²) in [5, 5.41) is 0. The topological polar surface area (TPSA) is 163 Å². The lowest BCUT2D eigenvalue weighted by molar-refractivity contribution is 0.148. The van der Waals surface area contributed by atoms with E-state index in [9.17, 15) is 26.4 Å². The summed E-state index contributed by atoms with van der Waals surface area (Å²) >= 11 is 0. The van der Waals surface area contributed by atoms with E-state index in [4.69, 9.17) is 17.8 Å². The predicted octanol–water partition coefficient (Wildman–Crippen LogP) is 8.92. The van der Waals surface area contributed by atoms with Crippen molar-refractivity contribution in [3.05, 3.63) is 109 Å². The summed E-state index contributed by atoms with van der Waals surface area (Å²) in [5.74, 6) is 2.16. The summed E-state index contributed by atoms with van der Waals surface area (Å²) < 4.78 is 73.6. The molecule has 12 nitrogen and oxygen atoms in total. The molecule has 2 amide bonds. The Balaban J connectivity index is 0.951. The zero-order chi connectivity index (χ0) is 38.5. The van der Waals surface area contributed by atoms with Crippen molar-refractivity contribution in [1.29, 1.82) is 0 Å². The minimum Gasteiger partial charge on any atom is -0.449 e. The number of ether oxygens (including phenoxy) is 2. The fourth-order valence-corrected chi connectivity index (χ4v) is 8.68. The van der Waals surface area contributed by atoms with Crippen molar-refractivity contribution >= 4 is 54.4 Å². The Morgan fingerprint density at radius 1 is 0.463 bits per heavy atom. The fourth-order valence-electron chi connectivity index (χ4n) is 5.01. The zero-order valence-corrected chi connectivity index (χ0v) is 32.9. The second-order valence-corrected chi connectivity index (χ2v) is 17.0. The molecule has 0 aliphatic carbocycles. The van der Waals surface area contributed by atoms with Gasteiger partial charge in [0.15, 0.2) is 11.5 Å². The van der Waals surface area contributed by atoms with Crippen LogP contribution in [-0.2, 0) is 30.1 Å². The molecule has 0 bridgehead atoms. The molecule has 2 N–H and O–H groups in total. The van der Waals surface area contributed by atoms with Crippen LogP contribution in [0.15, 0.2) is 109 Å². The maximum absolute atomic E-state index is 12.4. The molecule has 4 rings (SSSR count). The first-order chi connectivity index (χ1) is 26.1.